The molecule has 0 saturated heterocycles. The highest BCUT2D eigenvalue weighted by Gasteiger charge is 2.22. The van der Waals surface area contributed by atoms with Crippen molar-refractivity contribution in [2.75, 3.05) is 13.2 Å². The second kappa shape index (κ2) is 41.9. The van der Waals surface area contributed by atoms with Gasteiger partial charge in [-0.25, -0.2) is 4.57 Å². The van der Waals surface area contributed by atoms with Gasteiger partial charge >= 0.3 is 19.8 Å². The van der Waals surface area contributed by atoms with Crippen molar-refractivity contribution in [2.45, 2.75) is 232 Å². The highest BCUT2D eigenvalue weighted by molar-refractivity contribution is 7.46. The molecule has 0 rings (SSSR count). The van der Waals surface area contributed by atoms with E-state index < -0.39 is 32.5 Å². The molecule has 0 aliphatic rings. The summed E-state index contributed by atoms with van der Waals surface area (Å²) in [5, 5.41) is 0. The molecule has 0 saturated carbocycles. The van der Waals surface area contributed by atoms with Gasteiger partial charge in [0.15, 0.2) is 6.10 Å². The van der Waals surface area contributed by atoms with Crippen molar-refractivity contribution in [1.82, 2.24) is 0 Å². The predicted octanol–water partition coefficient (Wildman–Crippen LogP) is 14.1. The normalized spacial score (nSPS) is 12.7. The number of carbonyl (C=O) groups is 2. The molecular weight excluding hydrogens is 711 g/mol. The number of allylic oxidation sites excluding steroid dienone is 6. The van der Waals surface area contributed by atoms with E-state index in [2.05, 4.69) is 54.8 Å². The Labute approximate surface area is 338 Å². The van der Waals surface area contributed by atoms with Crippen molar-refractivity contribution in [2.24, 2.45) is 0 Å². The first kappa shape index (κ1) is 53.3. The minimum atomic E-state index is -4.76. The Morgan fingerprint density at radius 3 is 1.25 bits per heavy atom. The lowest BCUT2D eigenvalue weighted by atomic mass is 10.0. The zero-order chi connectivity index (χ0) is 40.3. The van der Waals surface area contributed by atoms with E-state index in [0.29, 0.717) is 6.42 Å². The third-order valence-electron chi connectivity index (χ3n) is 9.91. The molecule has 1 unspecified atom stereocenters. The summed E-state index contributed by atoms with van der Waals surface area (Å²) in [5.74, 6) is -0.890. The fourth-order valence-electron chi connectivity index (χ4n) is 6.50. The Morgan fingerprint density at radius 2 is 0.818 bits per heavy atom. The van der Waals surface area contributed by atoms with Gasteiger partial charge in [-0.05, 0) is 51.4 Å². The number of esters is 2. The monoisotopic (exact) mass is 797 g/mol. The zero-order valence-electron chi connectivity index (χ0n) is 35.6. The first-order valence-electron chi connectivity index (χ1n) is 22.8. The number of phosphoric acid groups is 1. The van der Waals surface area contributed by atoms with E-state index in [0.717, 1.165) is 70.6 Å². The van der Waals surface area contributed by atoms with Crippen LogP contribution in [0.5, 0.6) is 0 Å². The van der Waals surface area contributed by atoms with Crippen LogP contribution in [-0.4, -0.2) is 41.0 Å². The second-order valence-electron chi connectivity index (χ2n) is 15.4. The van der Waals surface area contributed by atoms with Gasteiger partial charge in [-0.15, -0.1) is 0 Å². The van der Waals surface area contributed by atoms with Crippen LogP contribution in [0.25, 0.3) is 0 Å². The number of hydrogen-bond acceptors (Lipinski definition) is 6. The molecule has 0 aliphatic carbocycles. The van der Waals surface area contributed by atoms with Gasteiger partial charge in [-0.1, -0.05) is 198 Å². The summed E-state index contributed by atoms with van der Waals surface area (Å²) >= 11 is 0. The lowest BCUT2D eigenvalue weighted by Gasteiger charge is -2.18. The smallest absolute Gasteiger partial charge is 0.462 e. The maximum Gasteiger partial charge on any atom is 0.469 e. The Hall–Kier alpha value is -1.73. The molecule has 0 amide bonds. The minimum absolute atomic E-state index is 0.199. The highest BCUT2D eigenvalue weighted by atomic mass is 31.2. The maximum atomic E-state index is 12.4. The van der Waals surface area contributed by atoms with Crippen LogP contribution in [0.2, 0.25) is 0 Å². The zero-order valence-corrected chi connectivity index (χ0v) is 36.5. The van der Waals surface area contributed by atoms with Crippen LogP contribution in [0.3, 0.4) is 0 Å². The van der Waals surface area contributed by atoms with Gasteiger partial charge in [0.1, 0.15) is 6.61 Å². The number of carbonyl (C=O) groups excluding carboxylic acids is 2. The number of hydrogen-bond donors (Lipinski definition) is 2. The Bertz CT molecular complexity index is 988. The van der Waals surface area contributed by atoms with Crippen LogP contribution < -0.4 is 0 Å². The third kappa shape index (κ3) is 44.8. The standard InChI is InChI=1S/C46H85O8P/c1-3-5-7-9-11-13-15-17-19-21-23-25-27-29-31-33-35-37-39-41-46(48)54-44(43-53-55(49,50)51)42-52-45(47)40-38-36-34-32-30-28-26-24-22-20-18-16-14-12-10-8-6-4-2/h11,13,17,19,23,25,44H,3-10,12,14-16,18,20-22,24,26-43H2,1-2H3,(H2,49,50,51)/b13-11-,19-17-,25-23-. The molecule has 55 heavy (non-hydrogen) atoms. The third-order valence-corrected chi connectivity index (χ3v) is 10.4. The molecule has 0 fully saturated rings. The van der Waals surface area contributed by atoms with E-state index in [-0.39, 0.29) is 19.4 Å². The van der Waals surface area contributed by atoms with Crippen LogP contribution in [0.4, 0.5) is 0 Å². The first-order chi connectivity index (χ1) is 26.8. The Morgan fingerprint density at radius 1 is 0.473 bits per heavy atom. The maximum absolute atomic E-state index is 12.4. The van der Waals surface area contributed by atoms with E-state index in [9.17, 15) is 14.2 Å². The SMILES string of the molecule is CCCCC/C=C\C/C=C\C/C=C\CCCCCCCCC(=O)OC(COC(=O)CCCCCCCCCCCCCCCCCCCC)COP(=O)(O)O. The molecule has 0 aromatic heterocycles. The van der Waals surface area contributed by atoms with Gasteiger partial charge in [-0.3, -0.25) is 14.1 Å². The molecule has 0 heterocycles. The summed E-state index contributed by atoms with van der Waals surface area (Å²) in [5.41, 5.74) is 0. The molecule has 1 atom stereocenters. The van der Waals surface area contributed by atoms with Gasteiger partial charge in [0.2, 0.25) is 0 Å². The summed E-state index contributed by atoms with van der Waals surface area (Å²) in [4.78, 5) is 43.0. The summed E-state index contributed by atoms with van der Waals surface area (Å²) in [7, 11) is -4.76. The quantitative estimate of drug-likeness (QED) is 0.0271. The molecule has 322 valence electrons. The van der Waals surface area contributed by atoms with Gasteiger partial charge in [0.25, 0.3) is 0 Å². The van der Waals surface area contributed by atoms with Gasteiger partial charge in [-0.2, -0.15) is 0 Å². The fourth-order valence-corrected chi connectivity index (χ4v) is 6.86. The van der Waals surface area contributed by atoms with E-state index in [1.54, 1.807) is 0 Å². The van der Waals surface area contributed by atoms with Crippen molar-refractivity contribution in [3.8, 4) is 0 Å². The van der Waals surface area contributed by atoms with E-state index in [4.69, 9.17) is 19.3 Å². The average Bonchev–Trinajstić information content (AvgIpc) is 3.16. The van der Waals surface area contributed by atoms with E-state index in [1.807, 2.05) is 0 Å². The molecule has 8 nitrogen and oxygen atoms in total. The van der Waals surface area contributed by atoms with Crippen molar-refractivity contribution in [3.05, 3.63) is 36.5 Å². The molecule has 0 aromatic carbocycles. The number of rotatable bonds is 42. The summed E-state index contributed by atoms with van der Waals surface area (Å²) in [6.45, 7) is 3.67. The number of unbranched alkanes of at least 4 members (excludes halogenated alkanes) is 26. The molecule has 0 aliphatic heterocycles. The average molecular weight is 797 g/mol. The summed E-state index contributed by atoms with van der Waals surface area (Å²) in [6, 6.07) is 0. The van der Waals surface area contributed by atoms with Crippen molar-refractivity contribution in [3.63, 3.8) is 0 Å². The summed E-state index contributed by atoms with van der Waals surface area (Å²) in [6.07, 6.45) is 50.0. The van der Waals surface area contributed by atoms with Crippen LogP contribution in [-0.2, 0) is 28.2 Å². The van der Waals surface area contributed by atoms with Gasteiger partial charge < -0.3 is 19.3 Å². The van der Waals surface area contributed by atoms with Crippen molar-refractivity contribution >= 4 is 19.8 Å². The van der Waals surface area contributed by atoms with Crippen LogP contribution in [0.15, 0.2) is 36.5 Å². The molecular formula is C46H85O8P. The lowest BCUT2D eigenvalue weighted by Crippen LogP contribution is -2.29. The van der Waals surface area contributed by atoms with Crippen molar-refractivity contribution in [1.29, 1.82) is 0 Å². The first-order valence-corrected chi connectivity index (χ1v) is 24.3. The molecule has 0 bridgehead atoms. The van der Waals surface area contributed by atoms with Crippen LogP contribution in [0.1, 0.15) is 226 Å². The molecule has 9 heteroatoms. The fraction of sp³-hybridized carbons (Fsp3) is 0.826. The van der Waals surface area contributed by atoms with Gasteiger partial charge in [0, 0.05) is 12.8 Å². The molecule has 0 aromatic rings. The highest BCUT2D eigenvalue weighted by Crippen LogP contribution is 2.36. The second-order valence-corrected chi connectivity index (χ2v) is 16.6. The topological polar surface area (TPSA) is 119 Å². The predicted molar refractivity (Wildman–Crippen MR) is 230 cm³/mol. The lowest BCUT2D eigenvalue weighted by molar-refractivity contribution is -0.161. The van der Waals surface area contributed by atoms with E-state index >= 15 is 0 Å². The Balaban J connectivity index is 3.89. The summed E-state index contributed by atoms with van der Waals surface area (Å²) < 4.78 is 26.4. The van der Waals surface area contributed by atoms with Gasteiger partial charge in [0.05, 0.1) is 6.61 Å². The minimum Gasteiger partial charge on any atom is -0.462 e. The number of phosphoric ester groups is 1. The van der Waals surface area contributed by atoms with E-state index in [1.165, 1.54) is 122 Å². The van der Waals surface area contributed by atoms with Crippen LogP contribution >= 0.6 is 7.82 Å². The molecule has 0 spiro atoms. The largest absolute Gasteiger partial charge is 0.469 e. The van der Waals surface area contributed by atoms with Crippen LogP contribution in [0, 0.1) is 0 Å². The van der Waals surface area contributed by atoms with Crippen molar-refractivity contribution < 1.29 is 37.9 Å². The molecule has 0 radical (unpaired) electrons. The molecule has 2 N–H and O–H groups in total. The number of ether oxygens (including phenoxy) is 2. The Kier molecular flexibility index (Phi) is 40.6.